The second-order valence-electron chi connectivity index (χ2n) is 9.17. The molecule has 36 heavy (non-hydrogen) atoms. The fourth-order valence-corrected chi connectivity index (χ4v) is 6.11. The lowest BCUT2D eigenvalue weighted by molar-refractivity contribution is -0.137. The Morgan fingerprint density at radius 1 is 1.17 bits per heavy atom. The Hall–Kier alpha value is -2.94. The van der Waals surface area contributed by atoms with Crippen LogP contribution in [0.25, 0.3) is 6.08 Å². The number of allylic oxidation sites excluding steroid dienone is 2. The number of anilines is 1. The molecule has 1 atom stereocenters. The quantitative estimate of drug-likeness (QED) is 0.370. The Kier molecular flexibility index (Phi) is 7.68. The molecule has 194 valence electrons. The average molecular weight is 522 g/mol. The number of nitrogens with zero attached hydrogens (tertiary/aromatic N) is 1. The van der Waals surface area contributed by atoms with Crippen molar-refractivity contribution in [2.24, 2.45) is 0 Å². The van der Waals surface area contributed by atoms with Crippen LogP contribution in [0, 0.1) is 0 Å². The van der Waals surface area contributed by atoms with Crippen molar-refractivity contribution < 1.29 is 31.1 Å². The van der Waals surface area contributed by atoms with Crippen molar-refractivity contribution in [3.63, 3.8) is 0 Å². The maximum absolute atomic E-state index is 13.7. The Morgan fingerprint density at radius 2 is 1.92 bits per heavy atom. The molecule has 4 rings (SSSR count). The molecule has 1 saturated carbocycles. The van der Waals surface area contributed by atoms with Gasteiger partial charge >= 0.3 is 6.18 Å². The Bertz CT molecular complexity index is 1250. The molecule has 1 fully saturated rings. The van der Waals surface area contributed by atoms with Gasteiger partial charge in [0, 0.05) is 6.42 Å². The van der Waals surface area contributed by atoms with E-state index < -0.39 is 32.8 Å². The first-order valence-electron chi connectivity index (χ1n) is 12.0. The van der Waals surface area contributed by atoms with Crippen molar-refractivity contribution in [3.05, 3.63) is 71.5 Å². The van der Waals surface area contributed by atoms with Gasteiger partial charge in [0.05, 0.1) is 35.6 Å². The molecule has 2 aliphatic rings. The zero-order valence-electron chi connectivity index (χ0n) is 20.2. The highest BCUT2D eigenvalue weighted by Crippen LogP contribution is 2.40. The number of hydrogen-bond acceptors (Lipinski definition) is 4. The number of hydrogen-bond donors (Lipinski definition) is 0. The summed E-state index contributed by atoms with van der Waals surface area (Å²) in [4.78, 5) is -0.415. The largest absolute Gasteiger partial charge is 0.502 e. The van der Waals surface area contributed by atoms with Crippen LogP contribution in [0.3, 0.4) is 0 Å². The SMILES string of the molecule is C=C(CCC1CN(S(=O)(=O)c2cccc(C(F)(F)F)c2)c2cc(C=C3CCCCC3)ccc2O1)OC. The molecule has 9 heteroatoms. The number of fused-ring (bicyclic) bond motifs is 1. The average Bonchev–Trinajstić information content (AvgIpc) is 2.87. The molecule has 0 N–H and O–H groups in total. The van der Waals surface area contributed by atoms with Gasteiger partial charge in [-0.25, -0.2) is 8.42 Å². The van der Waals surface area contributed by atoms with Crippen LogP contribution in [-0.2, 0) is 20.9 Å². The van der Waals surface area contributed by atoms with E-state index in [1.165, 1.54) is 29.5 Å². The predicted octanol–water partition coefficient (Wildman–Crippen LogP) is 6.95. The molecule has 2 aromatic carbocycles. The second kappa shape index (κ2) is 10.6. The summed E-state index contributed by atoms with van der Waals surface area (Å²) in [5.41, 5.74) is 1.45. The van der Waals surface area contributed by atoms with Crippen LogP contribution in [-0.4, -0.2) is 28.2 Å². The minimum Gasteiger partial charge on any atom is -0.502 e. The molecule has 0 saturated heterocycles. The number of ether oxygens (including phenoxy) is 2. The van der Waals surface area contributed by atoms with Crippen molar-refractivity contribution in [1.82, 2.24) is 0 Å². The van der Waals surface area contributed by atoms with E-state index in [9.17, 15) is 21.6 Å². The first kappa shape index (κ1) is 26.1. The molecule has 0 amide bonds. The van der Waals surface area contributed by atoms with E-state index in [0.29, 0.717) is 36.1 Å². The number of halogens is 3. The smallest absolute Gasteiger partial charge is 0.416 e. The lowest BCUT2D eigenvalue weighted by Gasteiger charge is -2.36. The van der Waals surface area contributed by atoms with Crippen LogP contribution >= 0.6 is 0 Å². The van der Waals surface area contributed by atoms with Gasteiger partial charge in [0.2, 0.25) is 0 Å². The molecular formula is C27H30F3NO4S. The van der Waals surface area contributed by atoms with Gasteiger partial charge in [-0.2, -0.15) is 13.2 Å². The highest BCUT2D eigenvalue weighted by atomic mass is 32.2. The summed E-state index contributed by atoms with van der Waals surface area (Å²) in [5, 5.41) is 0. The van der Waals surface area contributed by atoms with Crippen molar-refractivity contribution in [2.75, 3.05) is 18.0 Å². The van der Waals surface area contributed by atoms with E-state index in [4.69, 9.17) is 9.47 Å². The fraction of sp³-hybridized carbons (Fsp3) is 0.407. The second-order valence-corrected chi connectivity index (χ2v) is 11.0. The van der Waals surface area contributed by atoms with Crippen LogP contribution in [0.15, 0.2) is 65.3 Å². The lowest BCUT2D eigenvalue weighted by atomic mass is 9.93. The third-order valence-electron chi connectivity index (χ3n) is 6.56. The van der Waals surface area contributed by atoms with Crippen LogP contribution in [0.5, 0.6) is 5.75 Å². The van der Waals surface area contributed by atoms with Crippen molar-refractivity contribution in [3.8, 4) is 5.75 Å². The van der Waals surface area contributed by atoms with Gasteiger partial charge < -0.3 is 9.47 Å². The molecule has 1 heterocycles. The normalized spacial score (nSPS) is 18.3. The summed E-state index contributed by atoms with van der Waals surface area (Å²) in [5.74, 6) is 0.904. The molecule has 1 aliphatic carbocycles. The predicted molar refractivity (Wildman–Crippen MR) is 133 cm³/mol. The Morgan fingerprint density at radius 3 is 2.61 bits per heavy atom. The third kappa shape index (κ3) is 5.88. The summed E-state index contributed by atoms with van der Waals surface area (Å²) >= 11 is 0. The monoisotopic (exact) mass is 521 g/mol. The lowest BCUT2D eigenvalue weighted by Crippen LogP contribution is -2.43. The van der Waals surface area contributed by atoms with Crippen molar-refractivity contribution >= 4 is 21.8 Å². The Labute approximate surface area is 210 Å². The van der Waals surface area contributed by atoms with Crippen LogP contribution in [0.1, 0.15) is 56.1 Å². The maximum Gasteiger partial charge on any atom is 0.416 e. The number of benzene rings is 2. The van der Waals surface area contributed by atoms with Crippen LogP contribution in [0.2, 0.25) is 0 Å². The van der Waals surface area contributed by atoms with E-state index in [0.717, 1.165) is 43.4 Å². The molecule has 2 aromatic rings. The van der Waals surface area contributed by atoms with Crippen molar-refractivity contribution in [2.45, 2.75) is 62.1 Å². The molecular weight excluding hydrogens is 491 g/mol. The van der Waals surface area contributed by atoms with Crippen molar-refractivity contribution in [1.29, 1.82) is 0 Å². The molecule has 5 nitrogen and oxygen atoms in total. The molecule has 0 spiro atoms. The fourth-order valence-electron chi connectivity index (χ4n) is 4.57. The summed E-state index contributed by atoms with van der Waals surface area (Å²) in [7, 11) is -2.80. The van der Waals surface area contributed by atoms with Crippen LogP contribution in [0.4, 0.5) is 18.9 Å². The molecule has 0 bridgehead atoms. The molecule has 0 radical (unpaired) electrons. The molecule has 0 aromatic heterocycles. The zero-order chi connectivity index (χ0) is 25.9. The first-order valence-corrected chi connectivity index (χ1v) is 13.4. The minimum atomic E-state index is -4.66. The number of sulfonamides is 1. The van der Waals surface area contributed by atoms with E-state index in [1.807, 2.05) is 6.07 Å². The van der Waals surface area contributed by atoms with Gasteiger partial charge in [-0.1, -0.05) is 36.8 Å². The third-order valence-corrected chi connectivity index (χ3v) is 8.34. The van der Waals surface area contributed by atoms with Gasteiger partial charge in [0.1, 0.15) is 11.9 Å². The van der Waals surface area contributed by atoms with E-state index in [-0.39, 0.29) is 6.54 Å². The summed E-state index contributed by atoms with van der Waals surface area (Å²) in [6.45, 7) is 3.76. The number of alkyl halides is 3. The van der Waals surface area contributed by atoms with Gasteiger partial charge in [-0.3, -0.25) is 4.31 Å². The van der Waals surface area contributed by atoms with Gasteiger partial charge in [0.15, 0.2) is 0 Å². The van der Waals surface area contributed by atoms with Gasteiger partial charge in [-0.05, 0) is 68.0 Å². The Balaban J connectivity index is 1.73. The molecule has 1 aliphatic heterocycles. The topological polar surface area (TPSA) is 55.8 Å². The van der Waals surface area contributed by atoms with E-state index in [2.05, 4.69) is 12.7 Å². The van der Waals surface area contributed by atoms with E-state index in [1.54, 1.807) is 12.1 Å². The maximum atomic E-state index is 13.7. The summed E-state index contributed by atoms with van der Waals surface area (Å²) in [6, 6.07) is 9.20. The molecule has 1 unspecified atom stereocenters. The number of methoxy groups -OCH3 is 1. The first-order chi connectivity index (χ1) is 17.1. The van der Waals surface area contributed by atoms with Crippen LogP contribution < -0.4 is 9.04 Å². The van der Waals surface area contributed by atoms with Gasteiger partial charge in [-0.15, -0.1) is 0 Å². The highest BCUT2D eigenvalue weighted by Gasteiger charge is 2.37. The summed E-state index contributed by atoms with van der Waals surface area (Å²) in [6.07, 6.45) is 3.26. The minimum absolute atomic E-state index is 0.0391. The highest BCUT2D eigenvalue weighted by molar-refractivity contribution is 7.92. The van der Waals surface area contributed by atoms with Gasteiger partial charge in [0.25, 0.3) is 10.0 Å². The standard InChI is InChI=1S/C27H30F3NO4S/c1-19(34-2)11-13-23-18-31(36(32,33)24-10-6-9-22(17-24)27(28,29)30)25-16-21(12-14-26(25)35-23)15-20-7-4-3-5-8-20/h6,9-10,12,14-17,23H,1,3-5,7-8,11,13,18H2,2H3. The summed E-state index contributed by atoms with van der Waals surface area (Å²) < 4.78 is 79.8. The van der Waals surface area contributed by atoms with E-state index >= 15 is 0 Å². The number of rotatable bonds is 7. The zero-order valence-corrected chi connectivity index (χ0v) is 21.0.